The second-order valence-corrected chi connectivity index (χ2v) is 6.98. The van der Waals surface area contributed by atoms with Gasteiger partial charge < -0.3 is 9.47 Å². The van der Waals surface area contributed by atoms with Gasteiger partial charge in [0.05, 0.1) is 12.2 Å². The van der Waals surface area contributed by atoms with Gasteiger partial charge in [-0.2, -0.15) is 0 Å². The first-order valence-corrected chi connectivity index (χ1v) is 6.94. The first-order chi connectivity index (χ1) is 9.13. The van der Waals surface area contributed by atoms with Crippen molar-refractivity contribution in [3.8, 4) is 0 Å². The molecule has 112 valence electrons. The summed E-state index contributed by atoms with van der Waals surface area (Å²) >= 11 is 0. The van der Waals surface area contributed by atoms with E-state index in [-0.39, 0.29) is 11.4 Å². The Morgan fingerprint density at radius 2 is 1.80 bits per heavy atom. The van der Waals surface area contributed by atoms with Gasteiger partial charge in [0.2, 0.25) is 0 Å². The number of carbonyl (C=O) groups excluding carboxylic acids is 1. The van der Waals surface area contributed by atoms with E-state index in [4.69, 9.17) is 9.47 Å². The quantitative estimate of drug-likeness (QED) is 0.767. The number of rotatable bonds is 5. The van der Waals surface area contributed by atoms with E-state index in [1.54, 1.807) is 13.2 Å². The van der Waals surface area contributed by atoms with Crippen LogP contribution in [0.15, 0.2) is 24.3 Å². The summed E-state index contributed by atoms with van der Waals surface area (Å²) in [5, 5.41) is 0. The van der Waals surface area contributed by atoms with Crippen molar-refractivity contribution < 1.29 is 14.3 Å². The first-order valence-electron chi connectivity index (χ1n) is 6.94. The van der Waals surface area contributed by atoms with Crippen LogP contribution in [-0.2, 0) is 15.9 Å². The topological polar surface area (TPSA) is 35.5 Å². The third kappa shape index (κ3) is 5.74. The number of esters is 1. The molecule has 0 spiro atoms. The Labute approximate surface area is 122 Å². The highest BCUT2D eigenvalue weighted by atomic mass is 16.6. The Morgan fingerprint density at radius 3 is 2.35 bits per heavy atom. The zero-order valence-electron chi connectivity index (χ0n) is 13.4. The number of ether oxygens (including phenoxy) is 2. The van der Waals surface area contributed by atoms with Crippen LogP contribution in [-0.4, -0.2) is 25.3 Å². The Hall–Kier alpha value is -1.35. The largest absolute Gasteiger partial charge is 0.456 e. The number of methoxy groups -OCH3 is 1. The van der Waals surface area contributed by atoms with Crippen LogP contribution in [0.3, 0.4) is 0 Å². The fraction of sp³-hybridized carbons (Fsp3) is 0.588. The predicted molar refractivity (Wildman–Crippen MR) is 81.0 cm³/mol. The lowest BCUT2D eigenvalue weighted by molar-refractivity contribution is 0.00693. The highest BCUT2D eigenvalue weighted by Gasteiger charge is 2.21. The summed E-state index contributed by atoms with van der Waals surface area (Å²) in [6, 6.07) is 7.63. The van der Waals surface area contributed by atoms with E-state index in [2.05, 4.69) is 13.8 Å². The zero-order valence-corrected chi connectivity index (χ0v) is 13.4. The zero-order chi connectivity index (χ0) is 15.4. The van der Waals surface area contributed by atoms with Crippen LogP contribution in [0.25, 0.3) is 0 Å². The van der Waals surface area contributed by atoms with E-state index in [0.29, 0.717) is 12.2 Å². The Morgan fingerprint density at radius 1 is 1.15 bits per heavy atom. The van der Waals surface area contributed by atoms with Crippen molar-refractivity contribution in [2.45, 2.75) is 46.6 Å². The summed E-state index contributed by atoms with van der Waals surface area (Å²) in [6.07, 6.45) is 0.859. The van der Waals surface area contributed by atoms with E-state index in [0.717, 1.165) is 12.0 Å². The van der Waals surface area contributed by atoms with Crippen LogP contribution in [0.4, 0.5) is 0 Å². The molecule has 0 heterocycles. The maximum Gasteiger partial charge on any atom is 0.338 e. The normalized spacial score (nSPS) is 12.3. The molecule has 1 aromatic rings. The Balaban J connectivity index is 2.83. The molecule has 0 aliphatic rings. The van der Waals surface area contributed by atoms with Gasteiger partial charge in [-0.25, -0.2) is 4.79 Å². The molecular weight excluding hydrogens is 252 g/mol. The fourth-order valence-corrected chi connectivity index (χ4v) is 2.14. The number of hydrogen-bond donors (Lipinski definition) is 0. The first kappa shape index (κ1) is 16.7. The fourth-order valence-electron chi connectivity index (χ4n) is 2.14. The maximum atomic E-state index is 12.1. The minimum absolute atomic E-state index is 0.0430. The molecule has 0 fully saturated rings. The molecule has 20 heavy (non-hydrogen) atoms. The van der Waals surface area contributed by atoms with E-state index in [9.17, 15) is 4.79 Å². The van der Waals surface area contributed by atoms with Crippen molar-refractivity contribution in [3.05, 3.63) is 35.4 Å². The summed E-state index contributed by atoms with van der Waals surface area (Å²) in [5.74, 6) is -0.274. The van der Waals surface area contributed by atoms with Crippen molar-refractivity contribution in [3.63, 3.8) is 0 Å². The summed E-state index contributed by atoms with van der Waals surface area (Å²) in [4.78, 5) is 12.1. The molecule has 0 saturated heterocycles. The molecule has 0 unspecified atom stereocenters. The molecule has 3 heteroatoms. The molecule has 3 nitrogen and oxygen atoms in total. The molecule has 0 aromatic heterocycles. The molecule has 0 radical (unpaired) electrons. The van der Waals surface area contributed by atoms with Gasteiger partial charge >= 0.3 is 5.97 Å². The van der Waals surface area contributed by atoms with Gasteiger partial charge in [0.25, 0.3) is 0 Å². The van der Waals surface area contributed by atoms with E-state index in [1.165, 1.54) is 0 Å². The van der Waals surface area contributed by atoms with Crippen LogP contribution in [0.1, 0.15) is 50.5 Å². The van der Waals surface area contributed by atoms with Crippen LogP contribution < -0.4 is 0 Å². The van der Waals surface area contributed by atoms with Gasteiger partial charge in [0.1, 0.15) is 5.60 Å². The molecule has 0 saturated carbocycles. The van der Waals surface area contributed by atoms with Crippen molar-refractivity contribution in [2.75, 3.05) is 13.7 Å². The van der Waals surface area contributed by atoms with Crippen molar-refractivity contribution in [1.29, 1.82) is 0 Å². The van der Waals surface area contributed by atoms with Gasteiger partial charge in [0, 0.05) is 7.11 Å². The molecule has 0 aliphatic carbocycles. The van der Waals surface area contributed by atoms with Gasteiger partial charge in [0.15, 0.2) is 0 Å². The van der Waals surface area contributed by atoms with Gasteiger partial charge in [-0.05, 0) is 50.3 Å². The minimum atomic E-state index is -0.470. The summed E-state index contributed by atoms with van der Waals surface area (Å²) in [5.41, 5.74) is 1.30. The van der Waals surface area contributed by atoms with Crippen molar-refractivity contribution in [2.24, 2.45) is 5.41 Å². The molecule has 0 amide bonds. The van der Waals surface area contributed by atoms with Crippen LogP contribution >= 0.6 is 0 Å². The Bertz CT molecular complexity index is 456. The summed E-state index contributed by atoms with van der Waals surface area (Å²) in [6.45, 7) is 10.6. The third-order valence-electron chi connectivity index (χ3n) is 2.78. The van der Waals surface area contributed by atoms with Gasteiger partial charge in [-0.1, -0.05) is 26.0 Å². The monoisotopic (exact) mass is 278 g/mol. The number of hydrogen-bond acceptors (Lipinski definition) is 3. The molecule has 0 bridgehead atoms. The summed E-state index contributed by atoms with van der Waals surface area (Å²) in [7, 11) is 1.71. The highest BCUT2D eigenvalue weighted by Crippen LogP contribution is 2.23. The van der Waals surface area contributed by atoms with E-state index >= 15 is 0 Å². The van der Waals surface area contributed by atoms with Crippen molar-refractivity contribution in [1.82, 2.24) is 0 Å². The second kappa shape index (κ2) is 6.40. The lowest BCUT2D eigenvalue weighted by Gasteiger charge is -2.24. The number of benzene rings is 1. The third-order valence-corrected chi connectivity index (χ3v) is 2.78. The molecule has 1 rings (SSSR count). The molecule has 0 N–H and O–H groups in total. The standard InChI is InChI=1S/C17H26O3/c1-16(2,3)20-15(18)14-9-7-8-13(10-14)11-17(4,5)12-19-6/h7-10H,11-12H2,1-6H3. The number of carbonyl (C=O) groups is 1. The highest BCUT2D eigenvalue weighted by molar-refractivity contribution is 5.89. The van der Waals surface area contributed by atoms with Gasteiger partial charge in [-0.15, -0.1) is 0 Å². The predicted octanol–water partition coefficient (Wildman–Crippen LogP) is 3.86. The van der Waals surface area contributed by atoms with E-state index in [1.807, 2.05) is 39.0 Å². The van der Waals surface area contributed by atoms with Crippen LogP contribution in [0.2, 0.25) is 0 Å². The average molecular weight is 278 g/mol. The van der Waals surface area contributed by atoms with Crippen LogP contribution in [0, 0.1) is 5.41 Å². The molecular formula is C17H26O3. The molecule has 0 atom stereocenters. The lowest BCUT2D eigenvalue weighted by atomic mass is 9.86. The minimum Gasteiger partial charge on any atom is -0.456 e. The van der Waals surface area contributed by atoms with Crippen LogP contribution in [0.5, 0.6) is 0 Å². The van der Waals surface area contributed by atoms with E-state index < -0.39 is 5.60 Å². The SMILES string of the molecule is COCC(C)(C)Cc1cccc(C(=O)OC(C)(C)C)c1. The molecule has 1 aromatic carbocycles. The maximum absolute atomic E-state index is 12.1. The lowest BCUT2D eigenvalue weighted by Crippen LogP contribution is -2.24. The average Bonchev–Trinajstić information content (AvgIpc) is 2.26. The Kier molecular flexibility index (Phi) is 5.35. The smallest absolute Gasteiger partial charge is 0.338 e. The molecule has 0 aliphatic heterocycles. The summed E-state index contributed by atoms with van der Waals surface area (Å²) < 4.78 is 10.6. The second-order valence-electron chi connectivity index (χ2n) is 6.98. The van der Waals surface area contributed by atoms with Gasteiger partial charge in [-0.3, -0.25) is 0 Å². The van der Waals surface area contributed by atoms with Crippen molar-refractivity contribution >= 4 is 5.97 Å².